The van der Waals surface area contributed by atoms with Gasteiger partial charge in [-0.25, -0.2) is 19.7 Å². The number of aryl methyl sites for hydroxylation is 1. The van der Waals surface area contributed by atoms with Gasteiger partial charge in [-0.1, -0.05) is 0 Å². The third-order valence-corrected chi connectivity index (χ3v) is 5.51. The van der Waals surface area contributed by atoms with Gasteiger partial charge in [0.25, 0.3) is 5.91 Å². The number of carbonyl (C=O) groups excluding carboxylic acids is 2. The standard InChI is InChI=1S/C22H30N6O3/c1-15-13-27(14-25-15)20-23-11-16(12-24-20)19(29)28(17-5-6-17)18-7-9-26(10-8-18)21(30)31-22(2,3)4/h11-14,17-18H,5-10H2,1-4H3. The van der Waals surface area contributed by atoms with Gasteiger partial charge in [-0.05, 0) is 53.4 Å². The summed E-state index contributed by atoms with van der Waals surface area (Å²) in [4.78, 5) is 42.3. The van der Waals surface area contributed by atoms with Gasteiger partial charge in [0, 0.05) is 43.8 Å². The maximum absolute atomic E-state index is 13.3. The van der Waals surface area contributed by atoms with Gasteiger partial charge in [-0.15, -0.1) is 0 Å². The van der Waals surface area contributed by atoms with E-state index in [4.69, 9.17) is 4.74 Å². The molecule has 0 atom stereocenters. The summed E-state index contributed by atoms with van der Waals surface area (Å²) < 4.78 is 7.21. The van der Waals surface area contributed by atoms with Crippen molar-refractivity contribution in [1.82, 2.24) is 29.3 Å². The Kier molecular flexibility index (Phi) is 5.68. The Hall–Kier alpha value is -2.97. The normalized spacial score (nSPS) is 17.5. The number of likely N-dealkylation sites (tertiary alicyclic amines) is 1. The van der Waals surface area contributed by atoms with Crippen LogP contribution >= 0.6 is 0 Å². The van der Waals surface area contributed by atoms with Gasteiger partial charge in [0.15, 0.2) is 0 Å². The lowest BCUT2D eigenvalue weighted by atomic mass is 10.0. The molecule has 1 aliphatic carbocycles. The predicted molar refractivity (Wildman–Crippen MR) is 114 cm³/mol. The van der Waals surface area contributed by atoms with E-state index in [1.807, 2.05) is 38.8 Å². The van der Waals surface area contributed by atoms with Gasteiger partial charge in [-0.3, -0.25) is 9.36 Å². The van der Waals surface area contributed by atoms with E-state index in [2.05, 4.69) is 15.0 Å². The largest absolute Gasteiger partial charge is 0.444 e. The molecule has 9 nitrogen and oxygen atoms in total. The molecule has 2 aliphatic rings. The van der Waals surface area contributed by atoms with Gasteiger partial charge in [0.2, 0.25) is 5.95 Å². The van der Waals surface area contributed by atoms with E-state index in [-0.39, 0.29) is 24.1 Å². The van der Waals surface area contributed by atoms with Crippen LogP contribution in [0.25, 0.3) is 5.95 Å². The van der Waals surface area contributed by atoms with E-state index in [0.717, 1.165) is 31.4 Å². The van der Waals surface area contributed by atoms with Crippen molar-refractivity contribution in [2.45, 2.75) is 71.1 Å². The van der Waals surface area contributed by atoms with Crippen LogP contribution < -0.4 is 0 Å². The zero-order valence-corrected chi connectivity index (χ0v) is 18.6. The first-order chi connectivity index (χ1) is 14.7. The summed E-state index contributed by atoms with van der Waals surface area (Å²) in [5, 5.41) is 0. The molecule has 0 aromatic carbocycles. The lowest BCUT2D eigenvalue weighted by molar-refractivity contribution is 0.0142. The number of rotatable bonds is 4. The summed E-state index contributed by atoms with van der Waals surface area (Å²) in [6, 6.07) is 0.371. The van der Waals surface area contributed by atoms with Crippen LogP contribution in [0.15, 0.2) is 24.9 Å². The van der Waals surface area contributed by atoms with Gasteiger partial charge in [0.1, 0.15) is 11.9 Å². The average Bonchev–Trinajstić information content (AvgIpc) is 3.46. The Morgan fingerprint density at radius 3 is 2.16 bits per heavy atom. The van der Waals surface area contributed by atoms with Crippen molar-refractivity contribution < 1.29 is 14.3 Å². The van der Waals surface area contributed by atoms with E-state index in [9.17, 15) is 9.59 Å². The smallest absolute Gasteiger partial charge is 0.410 e. The van der Waals surface area contributed by atoms with Crippen molar-refractivity contribution >= 4 is 12.0 Å². The Balaban J connectivity index is 1.41. The van der Waals surface area contributed by atoms with E-state index in [1.165, 1.54) is 0 Å². The zero-order chi connectivity index (χ0) is 22.2. The molecule has 1 aliphatic heterocycles. The van der Waals surface area contributed by atoms with Crippen LogP contribution in [-0.2, 0) is 4.74 Å². The number of amides is 2. The lowest BCUT2D eigenvalue weighted by Gasteiger charge is -2.39. The van der Waals surface area contributed by atoms with Crippen LogP contribution in [0, 0.1) is 6.92 Å². The summed E-state index contributed by atoms with van der Waals surface area (Å²) in [5.41, 5.74) is 0.856. The molecule has 2 fully saturated rings. The molecule has 166 valence electrons. The molecule has 0 radical (unpaired) electrons. The molecule has 4 rings (SSSR count). The second kappa shape index (κ2) is 8.28. The van der Waals surface area contributed by atoms with E-state index >= 15 is 0 Å². The highest BCUT2D eigenvalue weighted by Gasteiger charge is 2.40. The van der Waals surface area contributed by atoms with E-state index in [1.54, 1.807) is 28.2 Å². The summed E-state index contributed by atoms with van der Waals surface area (Å²) in [7, 11) is 0. The number of hydrogen-bond donors (Lipinski definition) is 0. The third-order valence-electron chi connectivity index (χ3n) is 5.51. The average molecular weight is 427 g/mol. The number of carbonyl (C=O) groups is 2. The van der Waals surface area contributed by atoms with Crippen molar-refractivity contribution in [3.8, 4) is 5.95 Å². The monoisotopic (exact) mass is 426 g/mol. The van der Waals surface area contributed by atoms with Crippen LogP contribution in [0.5, 0.6) is 0 Å². The molecule has 0 spiro atoms. The SMILES string of the molecule is Cc1cn(-c2ncc(C(=O)N(C3CC3)C3CCN(C(=O)OC(C)(C)C)CC3)cn2)cn1. The molecule has 0 N–H and O–H groups in total. The maximum Gasteiger partial charge on any atom is 0.410 e. The Labute approximate surface area is 182 Å². The van der Waals surface area contributed by atoms with Crippen LogP contribution in [0.4, 0.5) is 4.79 Å². The molecular weight excluding hydrogens is 396 g/mol. The number of hydrogen-bond acceptors (Lipinski definition) is 6. The third kappa shape index (κ3) is 5.03. The quantitative estimate of drug-likeness (QED) is 0.746. The second-order valence-corrected chi connectivity index (χ2v) is 9.34. The van der Waals surface area contributed by atoms with Gasteiger partial charge >= 0.3 is 6.09 Å². The number of ether oxygens (including phenoxy) is 1. The number of aromatic nitrogens is 4. The number of nitrogens with zero attached hydrogens (tertiary/aromatic N) is 6. The van der Waals surface area contributed by atoms with E-state index < -0.39 is 5.60 Å². The van der Waals surface area contributed by atoms with Gasteiger partial charge in [-0.2, -0.15) is 0 Å². The topological polar surface area (TPSA) is 93.5 Å². The second-order valence-electron chi connectivity index (χ2n) is 9.34. The van der Waals surface area contributed by atoms with Crippen LogP contribution in [0.2, 0.25) is 0 Å². The van der Waals surface area contributed by atoms with Crippen molar-refractivity contribution in [1.29, 1.82) is 0 Å². The van der Waals surface area contributed by atoms with Crippen LogP contribution in [-0.4, -0.2) is 72.1 Å². The summed E-state index contributed by atoms with van der Waals surface area (Å²) in [6.45, 7) is 8.68. The lowest BCUT2D eigenvalue weighted by Crippen LogP contribution is -2.50. The first-order valence-electron chi connectivity index (χ1n) is 10.8. The highest BCUT2D eigenvalue weighted by atomic mass is 16.6. The first kappa shape index (κ1) is 21.3. The molecular formula is C22H30N6O3. The minimum Gasteiger partial charge on any atom is -0.444 e. The zero-order valence-electron chi connectivity index (χ0n) is 18.6. The Morgan fingerprint density at radius 2 is 1.65 bits per heavy atom. The molecule has 1 saturated heterocycles. The van der Waals surface area contributed by atoms with Gasteiger partial charge in [0.05, 0.1) is 11.3 Å². The highest BCUT2D eigenvalue weighted by Crippen LogP contribution is 2.33. The summed E-state index contributed by atoms with van der Waals surface area (Å²) in [5.74, 6) is 0.451. The fourth-order valence-electron chi connectivity index (χ4n) is 3.88. The van der Waals surface area contributed by atoms with Gasteiger partial charge < -0.3 is 14.5 Å². The maximum atomic E-state index is 13.3. The Bertz CT molecular complexity index is 937. The molecule has 2 amide bonds. The van der Waals surface area contributed by atoms with Crippen LogP contribution in [0.1, 0.15) is 62.5 Å². The molecule has 0 unspecified atom stereocenters. The van der Waals surface area contributed by atoms with Crippen LogP contribution in [0.3, 0.4) is 0 Å². The fourth-order valence-corrected chi connectivity index (χ4v) is 3.88. The number of imidazole rings is 1. The number of piperidine rings is 1. The summed E-state index contributed by atoms with van der Waals surface area (Å²) >= 11 is 0. The van der Waals surface area contributed by atoms with Crippen molar-refractivity contribution in [3.63, 3.8) is 0 Å². The molecule has 2 aromatic rings. The molecule has 3 heterocycles. The minimum atomic E-state index is -0.508. The van der Waals surface area contributed by atoms with E-state index in [0.29, 0.717) is 24.6 Å². The minimum absolute atomic E-state index is 0.0356. The molecule has 1 saturated carbocycles. The summed E-state index contributed by atoms with van der Waals surface area (Å²) in [6.07, 6.45) is 9.91. The molecule has 0 bridgehead atoms. The first-order valence-corrected chi connectivity index (χ1v) is 10.8. The molecule has 31 heavy (non-hydrogen) atoms. The van der Waals surface area contributed by atoms with Crippen molar-refractivity contribution in [2.75, 3.05) is 13.1 Å². The predicted octanol–water partition coefficient (Wildman–Crippen LogP) is 2.97. The highest BCUT2D eigenvalue weighted by molar-refractivity contribution is 5.94. The van der Waals surface area contributed by atoms with Crippen molar-refractivity contribution in [3.05, 3.63) is 36.2 Å². The molecule has 2 aromatic heterocycles. The fraction of sp³-hybridized carbons (Fsp3) is 0.591. The van der Waals surface area contributed by atoms with Crippen molar-refractivity contribution in [2.24, 2.45) is 0 Å². The Morgan fingerprint density at radius 1 is 1.03 bits per heavy atom. The molecule has 9 heteroatoms.